The van der Waals surface area contributed by atoms with E-state index < -0.39 is 0 Å². The van der Waals surface area contributed by atoms with Crippen LogP contribution in [0.15, 0.2) is 34.4 Å². The minimum atomic E-state index is -0.246. The zero-order valence-electron chi connectivity index (χ0n) is 14.7. The number of hydrogen-bond acceptors (Lipinski definition) is 5. The minimum absolute atomic E-state index is 0.0118. The van der Waals surface area contributed by atoms with Gasteiger partial charge in [0.15, 0.2) is 0 Å². The van der Waals surface area contributed by atoms with Crippen LogP contribution in [0.25, 0.3) is 11.3 Å². The Kier molecular flexibility index (Phi) is 4.13. The van der Waals surface area contributed by atoms with Crippen LogP contribution in [-0.2, 0) is 19.5 Å². The van der Waals surface area contributed by atoms with Gasteiger partial charge < -0.3 is 4.98 Å². The van der Waals surface area contributed by atoms with Crippen LogP contribution < -0.4 is 5.56 Å². The Morgan fingerprint density at radius 2 is 2.04 bits per heavy atom. The highest BCUT2D eigenvalue weighted by Gasteiger charge is 2.29. The molecule has 3 aromatic rings. The highest BCUT2D eigenvalue weighted by Crippen LogP contribution is 2.37. The Morgan fingerprint density at radius 3 is 2.81 bits per heavy atom. The summed E-state index contributed by atoms with van der Waals surface area (Å²) in [6, 6.07) is 6.39. The van der Waals surface area contributed by atoms with Gasteiger partial charge in [0.2, 0.25) is 0 Å². The van der Waals surface area contributed by atoms with E-state index in [-0.39, 0.29) is 11.4 Å². The molecular weight excluding hydrogens is 363 g/mol. The molecule has 7 heteroatoms. The Hall–Kier alpha value is -2.38. The van der Waals surface area contributed by atoms with Crippen LogP contribution in [0.3, 0.4) is 0 Å². The number of nitrogens with zero attached hydrogens (tertiary/aromatic N) is 3. The molecule has 0 amide bonds. The second kappa shape index (κ2) is 6.65. The summed E-state index contributed by atoms with van der Waals surface area (Å²) in [6.07, 6.45) is 3.07. The molecule has 0 unspecified atom stereocenters. The highest BCUT2D eigenvalue weighted by atomic mass is 32.1. The molecule has 0 radical (unpaired) electrons. The number of H-pyrrole nitrogens is 1. The summed E-state index contributed by atoms with van der Waals surface area (Å²) in [5.41, 5.74) is 3.54. The summed E-state index contributed by atoms with van der Waals surface area (Å²) in [5, 5.41) is 2.99. The molecule has 1 fully saturated rings. The fourth-order valence-corrected chi connectivity index (χ4v) is 4.36. The first-order valence-corrected chi connectivity index (χ1v) is 10.1. The molecule has 1 aliphatic carbocycles. The van der Waals surface area contributed by atoms with Crippen molar-refractivity contribution < 1.29 is 4.39 Å². The summed E-state index contributed by atoms with van der Waals surface area (Å²) in [5.74, 6) is 1.09. The van der Waals surface area contributed by atoms with Gasteiger partial charge in [0, 0.05) is 36.4 Å². The molecule has 1 N–H and O–H groups in total. The SMILES string of the molecule is O=c1[nH]c(C2CC2)nc2c1CN(Cc1nc(-c3ccc(F)cc3)cs1)CC2. The standard InChI is InChI=1S/C20H19FN4OS/c21-14-5-3-12(4-6-14)17-11-27-18(22-17)10-25-8-7-16-15(9-25)20(26)24-19(23-16)13-1-2-13/h3-6,11,13H,1-2,7-10H2,(H,23,24,26). The summed E-state index contributed by atoms with van der Waals surface area (Å²) < 4.78 is 13.1. The maximum Gasteiger partial charge on any atom is 0.255 e. The van der Waals surface area contributed by atoms with Crippen molar-refractivity contribution >= 4 is 11.3 Å². The summed E-state index contributed by atoms with van der Waals surface area (Å²) in [7, 11) is 0. The zero-order valence-corrected chi connectivity index (χ0v) is 15.6. The fourth-order valence-electron chi connectivity index (χ4n) is 3.51. The molecule has 5 nitrogen and oxygen atoms in total. The third-order valence-corrected chi connectivity index (χ3v) is 6.01. The molecule has 2 aromatic heterocycles. The topological polar surface area (TPSA) is 61.9 Å². The maximum absolute atomic E-state index is 13.1. The van der Waals surface area contributed by atoms with Gasteiger partial charge in [0.25, 0.3) is 5.56 Å². The molecule has 2 aliphatic rings. The molecule has 0 saturated heterocycles. The van der Waals surface area contributed by atoms with Gasteiger partial charge in [-0.05, 0) is 37.1 Å². The Balaban J connectivity index is 1.31. The van der Waals surface area contributed by atoms with Gasteiger partial charge in [-0.1, -0.05) is 0 Å². The van der Waals surface area contributed by atoms with Crippen LogP contribution >= 0.6 is 11.3 Å². The van der Waals surface area contributed by atoms with Crippen molar-refractivity contribution in [2.75, 3.05) is 6.54 Å². The van der Waals surface area contributed by atoms with Gasteiger partial charge in [-0.3, -0.25) is 9.69 Å². The molecule has 3 heterocycles. The quantitative estimate of drug-likeness (QED) is 0.751. The zero-order chi connectivity index (χ0) is 18.4. The van der Waals surface area contributed by atoms with Crippen molar-refractivity contribution in [1.82, 2.24) is 19.9 Å². The monoisotopic (exact) mass is 382 g/mol. The first kappa shape index (κ1) is 16.8. The van der Waals surface area contributed by atoms with Crippen molar-refractivity contribution in [3.8, 4) is 11.3 Å². The number of aromatic nitrogens is 3. The lowest BCUT2D eigenvalue weighted by Crippen LogP contribution is -2.35. The number of fused-ring (bicyclic) bond motifs is 1. The largest absolute Gasteiger partial charge is 0.310 e. The van der Waals surface area contributed by atoms with Gasteiger partial charge >= 0.3 is 0 Å². The number of aromatic amines is 1. The number of rotatable bonds is 4. The smallest absolute Gasteiger partial charge is 0.255 e. The molecule has 5 rings (SSSR count). The van der Waals surface area contributed by atoms with E-state index in [1.807, 2.05) is 5.38 Å². The highest BCUT2D eigenvalue weighted by molar-refractivity contribution is 7.09. The normalized spacial score (nSPS) is 17.1. The predicted molar refractivity (Wildman–Crippen MR) is 102 cm³/mol. The lowest BCUT2D eigenvalue weighted by Gasteiger charge is -2.26. The van der Waals surface area contributed by atoms with Gasteiger partial charge in [-0.2, -0.15) is 0 Å². The van der Waals surface area contributed by atoms with E-state index in [4.69, 9.17) is 4.98 Å². The lowest BCUT2D eigenvalue weighted by molar-refractivity contribution is 0.241. The number of nitrogens with one attached hydrogen (secondary N) is 1. The predicted octanol–water partition coefficient (Wildman–Crippen LogP) is 3.47. The molecule has 27 heavy (non-hydrogen) atoms. The molecule has 0 spiro atoms. The summed E-state index contributed by atoms with van der Waals surface area (Å²) in [4.78, 5) is 27.1. The molecule has 0 bridgehead atoms. The van der Waals surface area contributed by atoms with Crippen molar-refractivity contribution in [3.63, 3.8) is 0 Å². The van der Waals surface area contributed by atoms with Crippen molar-refractivity contribution in [2.24, 2.45) is 0 Å². The van der Waals surface area contributed by atoms with Gasteiger partial charge in [-0.15, -0.1) is 11.3 Å². The summed E-state index contributed by atoms with van der Waals surface area (Å²) >= 11 is 1.59. The second-order valence-electron chi connectivity index (χ2n) is 7.24. The van der Waals surface area contributed by atoms with Gasteiger partial charge in [-0.25, -0.2) is 14.4 Å². The van der Waals surface area contributed by atoms with Gasteiger partial charge in [0.05, 0.1) is 23.5 Å². The average molecular weight is 382 g/mol. The van der Waals surface area contributed by atoms with Crippen LogP contribution in [0, 0.1) is 5.82 Å². The van der Waals surface area contributed by atoms with Crippen LogP contribution in [0.4, 0.5) is 4.39 Å². The van der Waals surface area contributed by atoms with E-state index in [2.05, 4.69) is 14.9 Å². The van der Waals surface area contributed by atoms with E-state index in [0.717, 1.165) is 59.2 Å². The number of halogens is 1. The molecule has 138 valence electrons. The molecule has 0 atom stereocenters. The average Bonchev–Trinajstić information content (AvgIpc) is 3.42. The Labute approximate surface area is 159 Å². The number of thiazole rings is 1. The van der Waals surface area contributed by atoms with E-state index in [0.29, 0.717) is 19.0 Å². The van der Waals surface area contributed by atoms with Crippen LogP contribution in [-0.4, -0.2) is 26.4 Å². The van der Waals surface area contributed by atoms with Crippen LogP contribution in [0.2, 0.25) is 0 Å². The van der Waals surface area contributed by atoms with Crippen LogP contribution in [0.1, 0.15) is 40.8 Å². The Bertz CT molecular complexity index is 1040. The molecule has 1 aromatic carbocycles. The van der Waals surface area contributed by atoms with E-state index in [9.17, 15) is 9.18 Å². The van der Waals surface area contributed by atoms with Gasteiger partial charge in [0.1, 0.15) is 16.6 Å². The van der Waals surface area contributed by atoms with E-state index in [1.165, 1.54) is 12.1 Å². The van der Waals surface area contributed by atoms with E-state index >= 15 is 0 Å². The van der Waals surface area contributed by atoms with Crippen molar-refractivity contribution in [2.45, 2.75) is 38.3 Å². The molecular formula is C20H19FN4OS. The number of benzene rings is 1. The molecule has 1 aliphatic heterocycles. The molecule has 1 saturated carbocycles. The van der Waals surface area contributed by atoms with E-state index in [1.54, 1.807) is 23.5 Å². The third kappa shape index (κ3) is 3.44. The minimum Gasteiger partial charge on any atom is -0.310 e. The van der Waals surface area contributed by atoms with Crippen molar-refractivity contribution in [3.05, 3.63) is 67.9 Å². The summed E-state index contributed by atoms with van der Waals surface area (Å²) in [6.45, 7) is 2.18. The number of hydrogen-bond donors (Lipinski definition) is 1. The third-order valence-electron chi connectivity index (χ3n) is 5.18. The Morgan fingerprint density at radius 1 is 1.22 bits per heavy atom. The van der Waals surface area contributed by atoms with Crippen molar-refractivity contribution in [1.29, 1.82) is 0 Å². The fraction of sp³-hybridized carbons (Fsp3) is 0.350. The van der Waals surface area contributed by atoms with Crippen LogP contribution in [0.5, 0.6) is 0 Å². The second-order valence-corrected chi connectivity index (χ2v) is 8.19. The maximum atomic E-state index is 13.1. The first-order valence-electron chi connectivity index (χ1n) is 9.20. The first-order chi connectivity index (χ1) is 13.2. The lowest BCUT2D eigenvalue weighted by atomic mass is 10.1.